The van der Waals surface area contributed by atoms with Crippen molar-refractivity contribution < 1.29 is 9.13 Å². The van der Waals surface area contributed by atoms with Gasteiger partial charge in [0.15, 0.2) is 0 Å². The highest BCUT2D eigenvalue weighted by atomic mass is 19.1. The molecule has 2 atom stereocenters. The highest BCUT2D eigenvalue weighted by molar-refractivity contribution is 5.23. The summed E-state index contributed by atoms with van der Waals surface area (Å²) < 4.78 is 18.7. The molecule has 0 amide bonds. The Balaban J connectivity index is 1.47. The summed E-state index contributed by atoms with van der Waals surface area (Å²) in [7, 11) is 0. The van der Waals surface area contributed by atoms with Crippen molar-refractivity contribution >= 4 is 0 Å². The lowest BCUT2D eigenvalue weighted by molar-refractivity contribution is 0.00851. The number of ether oxygens (including phenoxy) is 1. The van der Waals surface area contributed by atoms with E-state index in [1.807, 2.05) is 12.1 Å². The van der Waals surface area contributed by atoms with Gasteiger partial charge in [0, 0.05) is 18.7 Å². The van der Waals surface area contributed by atoms with E-state index in [4.69, 9.17) is 4.74 Å². The fraction of sp³-hybridized carbons (Fsp3) is 0.625. The number of rotatable bonds is 3. The minimum Gasteiger partial charge on any atom is -0.378 e. The molecule has 1 N–H and O–H groups in total. The molecule has 104 valence electrons. The van der Waals surface area contributed by atoms with Gasteiger partial charge in [0.25, 0.3) is 0 Å². The Kier molecular flexibility index (Phi) is 3.85. The predicted octanol–water partition coefficient (Wildman–Crippen LogP) is 3.23. The van der Waals surface area contributed by atoms with Crippen LogP contribution >= 0.6 is 0 Å². The molecule has 2 aliphatic rings. The highest BCUT2D eigenvalue weighted by Crippen LogP contribution is 2.37. The van der Waals surface area contributed by atoms with E-state index in [1.165, 1.54) is 6.07 Å². The van der Waals surface area contributed by atoms with Crippen LogP contribution in [0.4, 0.5) is 4.39 Å². The van der Waals surface area contributed by atoms with Gasteiger partial charge in [-0.1, -0.05) is 12.1 Å². The summed E-state index contributed by atoms with van der Waals surface area (Å²) in [5, 5.41) is 3.73. The second-order valence-electron chi connectivity index (χ2n) is 5.99. The third-order valence-electron chi connectivity index (χ3n) is 4.41. The van der Waals surface area contributed by atoms with Gasteiger partial charge in [0.1, 0.15) is 5.82 Å². The second-order valence-corrected chi connectivity index (χ2v) is 5.99. The number of hydrogen-bond acceptors (Lipinski definition) is 2. The minimum absolute atomic E-state index is 0.118. The molecule has 3 heteroatoms. The molecule has 0 spiro atoms. The predicted molar refractivity (Wildman–Crippen MR) is 73.7 cm³/mol. The Labute approximate surface area is 114 Å². The number of benzene rings is 1. The number of halogens is 1. The quantitative estimate of drug-likeness (QED) is 0.904. The van der Waals surface area contributed by atoms with Gasteiger partial charge in [-0.3, -0.25) is 0 Å². The van der Waals surface area contributed by atoms with Crippen LogP contribution in [0.3, 0.4) is 0 Å². The third kappa shape index (κ3) is 3.15. The molecule has 2 fully saturated rings. The van der Waals surface area contributed by atoms with Crippen LogP contribution in [-0.2, 0) is 4.74 Å². The van der Waals surface area contributed by atoms with Gasteiger partial charge in [0.05, 0.1) is 6.10 Å². The van der Waals surface area contributed by atoms with Gasteiger partial charge < -0.3 is 10.1 Å². The molecule has 0 radical (unpaired) electrons. The van der Waals surface area contributed by atoms with E-state index in [2.05, 4.69) is 12.2 Å². The molecule has 2 nitrogen and oxygen atoms in total. The molecule has 1 aliphatic heterocycles. The number of nitrogens with one attached hydrogen (secondary N) is 1. The summed E-state index contributed by atoms with van der Waals surface area (Å²) in [5.41, 5.74) is 1.15. The van der Waals surface area contributed by atoms with E-state index in [0.717, 1.165) is 37.9 Å². The van der Waals surface area contributed by atoms with Gasteiger partial charge in [-0.2, -0.15) is 0 Å². The smallest absolute Gasteiger partial charge is 0.123 e. The zero-order valence-corrected chi connectivity index (χ0v) is 11.4. The maximum absolute atomic E-state index is 13.2. The van der Waals surface area contributed by atoms with Crippen LogP contribution in [0, 0.1) is 5.82 Å². The van der Waals surface area contributed by atoms with Gasteiger partial charge in [0.2, 0.25) is 0 Å². The van der Waals surface area contributed by atoms with Crippen LogP contribution in [-0.4, -0.2) is 24.8 Å². The van der Waals surface area contributed by atoms with Crippen molar-refractivity contribution in [2.45, 2.75) is 56.7 Å². The van der Waals surface area contributed by atoms with Crippen LogP contribution in [0.25, 0.3) is 0 Å². The Hall–Kier alpha value is -0.930. The first-order valence-corrected chi connectivity index (χ1v) is 7.34. The molecular formula is C16H22FNO. The first-order chi connectivity index (χ1) is 9.20. The third-order valence-corrected chi connectivity index (χ3v) is 4.41. The summed E-state index contributed by atoms with van der Waals surface area (Å²) >= 11 is 0. The maximum Gasteiger partial charge on any atom is 0.123 e. The van der Waals surface area contributed by atoms with Gasteiger partial charge in [-0.05, 0) is 56.2 Å². The summed E-state index contributed by atoms with van der Waals surface area (Å²) in [5.74, 6) is 0.414. The molecule has 19 heavy (non-hydrogen) atoms. The van der Waals surface area contributed by atoms with E-state index in [9.17, 15) is 4.39 Å². The summed E-state index contributed by atoms with van der Waals surface area (Å²) in [6.07, 6.45) is 4.88. The molecule has 1 aromatic rings. The molecule has 1 aromatic carbocycles. The van der Waals surface area contributed by atoms with Crippen molar-refractivity contribution in [2.24, 2.45) is 0 Å². The van der Waals surface area contributed by atoms with Crippen LogP contribution in [0.15, 0.2) is 24.3 Å². The summed E-state index contributed by atoms with van der Waals surface area (Å²) in [4.78, 5) is 0. The average molecular weight is 263 g/mol. The Morgan fingerprint density at radius 2 is 2.05 bits per heavy atom. The summed E-state index contributed by atoms with van der Waals surface area (Å²) in [6, 6.07) is 8.25. The SMILES string of the molecule is CC1CC(NC2CC(c3cccc(F)c3)C2)CCO1. The molecule has 3 rings (SSSR count). The molecule has 1 saturated carbocycles. The Bertz CT molecular complexity index is 431. The fourth-order valence-corrected chi connectivity index (χ4v) is 3.27. The minimum atomic E-state index is -0.118. The van der Waals surface area contributed by atoms with Gasteiger partial charge in [-0.25, -0.2) is 4.39 Å². The van der Waals surface area contributed by atoms with Crippen LogP contribution in [0.1, 0.15) is 44.1 Å². The molecule has 0 bridgehead atoms. The monoisotopic (exact) mass is 263 g/mol. The molecule has 1 saturated heterocycles. The van der Waals surface area contributed by atoms with Crippen molar-refractivity contribution in [1.82, 2.24) is 5.32 Å². The normalized spacial score (nSPS) is 34.8. The molecule has 2 unspecified atom stereocenters. The molecular weight excluding hydrogens is 241 g/mol. The van der Waals surface area contributed by atoms with E-state index in [0.29, 0.717) is 24.1 Å². The van der Waals surface area contributed by atoms with Gasteiger partial charge >= 0.3 is 0 Å². The molecule has 0 aromatic heterocycles. The highest BCUT2D eigenvalue weighted by Gasteiger charge is 2.32. The first-order valence-electron chi connectivity index (χ1n) is 7.34. The topological polar surface area (TPSA) is 21.3 Å². The average Bonchev–Trinajstić information content (AvgIpc) is 2.33. The molecule has 1 heterocycles. The summed E-state index contributed by atoms with van der Waals surface area (Å²) in [6.45, 7) is 3.02. The van der Waals surface area contributed by atoms with Crippen molar-refractivity contribution in [1.29, 1.82) is 0 Å². The lowest BCUT2D eigenvalue weighted by Crippen LogP contribution is -2.48. The van der Waals surface area contributed by atoms with Crippen molar-refractivity contribution in [2.75, 3.05) is 6.61 Å². The zero-order valence-electron chi connectivity index (χ0n) is 11.4. The first kappa shape index (κ1) is 13.1. The lowest BCUT2D eigenvalue weighted by atomic mass is 9.75. The van der Waals surface area contributed by atoms with E-state index in [-0.39, 0.29) is 5.82 Å². The second kappa shape index (κ2) is 5.59. The Morgan fingerprint density at radius 3 is 2.79 bits per heavy atom. The maximum atomic E-state index is 13.2. The van der Waals surface area contributed by atoms with Crippen LogP contribution in [0.2, 0.25) is 0 Å². The lowest BCUT2D eigenvalue weighted by Gasteiger charge is -2.40. The number of hydrogen-bond donors (Lipinski definition) is 1. The Morgan fingerprint density at radius 1 is 1.21 bits per heavy atom. The van der Waals surface area contributed by atoms with E-state index < -0.39 is 0 Å². The van der Waals surface area contributed by atoms with Crippen LogP contribution < -0.4 is 5.32 Å². The largest absolute Gasteiger partial charge is 0.378 e. The zero-order chi connectivity index (χ0) is 13.2. The van der Waals surface area contributed by atoms with Crippen LogP contribution in [0.5, 0.6) is 0 Å². The van der Waals surface area contributed by atoms with E-state index >= 15 is 0 Å². The van der Waals surface area contributed by atoms with Crippen molar-refractivity contribution in [3.8, 4) is 0 Å². The fourth-order valence-electron chi connectivity index (χ4n) is 3.27. The molecule has 1 aliphatic carbocycles. The van der Waals surface area contributed by atoms with Crippen molar-refractivity contribution in [3.63, 3.8) is 0 Å². The standard InChI is InChI=1S/C16H22FNO/c1-11-7-15(5-6-19-11)18-16-9-13(10-16)12-3-2-4-14(17)8-12/h2-4,8,11,13,15-16,18H,5-7,9-10H2,1H3. The van der Waals surface area contributed by atoms with E-state index in [1.54, 1.807) is 6.07 Å². The van der Waals surface area contributed by atoms with Crippen molar-refractivity contribution in [3.05, 3.63) is 35.6 Å². The van der Waals surface area contributed by atoms with Gasteiger partial charge in [-0.15, -0.1) is 0 Å².